The summed E-state index contributed by atoms with van der Waals surface area (Å²) >= 11 is 0. The van der Waals surface area contributed by atoms with Crippen LogP contribution in [0.1, 0.15) is 120 Å². The van der Waals surface area contributed by atoms with Crippen LogP contribution in [0, 0.1) is 62.6 Å². The summed E-state index contributed by atoms with van der Waals surface area (Å²) in [7, 11) is 0. The molecule has 0 bridgehead atoms. The van der Waals surface area contributed by atoms with Crippen LogP contribution in [0.3, 0.4) is 0 Å². The predicted octanol–water partition coefficient (Wildman–Crippen LogP) is 6.68. The molecule has 6 heteroatoms. The fraction of sp³-hybridized carbons (Fsp3) is 0.912. The summed E-state index contributed by atoms with van der Waals surface area (Å²) in [6, 6.07) is 0. The molecule has 226 valence electrons. The van der Waals surface area contributed by atoms with Gasteiger partial charge < -0.3 is 15.2 Å². The van der Waals surface area contributed by atoms with E-state index in [9.17, 15) is 14.4 Å². The van der Waals surface area contributed by atoms with Crippen molar-refractivity contribution in [1.29, 1.82) is 0 Å². The molecular formula is C34H55NO5. The number of esters is 2. The van der Waals surface area contributed by atoms with Crippen LogP contribution in [0.15, 0.2) is 0 Å². The Morgan fingerprint density at radius 3 is 2.12 bits per heavy atom. The van der Waals surface area contributed by atoms with E-state index in [4.69, 9.17) is 15.2 Å². The van der Waals surface area contributed by atoms with Crippen LogP contribution in [0.4, 0.5) is 0 Å². The number of hydrogen-bond acceptors (Lipinski definition) is 5. The van der Waals surface area contributed by atoms with E-state index in [1.54, 1.807) is 6.92 Å². The minimum atomic E-state index is -0.207. The van der Waals surface area contributed by atoms with Gasteiger partial charge in [-0.05, 0) is 110 Å². The normalized spacial score (nSPS) is 48.0. The van der Waals surface area contributed by atoms with E-state index in [1.807, 2.05) is 6.92 Å². The van der Waals surface area contributed by atoms with Gasteiger partial charge in [0, 0.05) is 30.6 Å². The Hall–Kier alpha value is -1.59. The fourth-order valence-electron chi connectivity index (χ4n) is 12.4. The topological polar surface area (TPSA) is 95.7 Å². The highest BCUT2D eigenvalue weighted by molar-refractivity contribution is 5.76. The number of carbonyl (C=O) groups is 3. The van der Waals surface area contributed by atoms with Gasteiger partial charge in [0.15, 0.2) is 0 Å². The van der Waals surface area contributed by atoms with Gasteiger partial charge in [-0.15, -0.1) is 0 Å². The van der Waals surface area contributed by atoms with E-state index in [2.05, 4.69) is 34.6 Å². The molecule has 6 nitrogen and oxygen atoms in total. The van der Waals surface area contributed by atoms with E-state index in [1.165, 1.54) is 32.6 Å². The van der Waals surface area contributed by atoms with Gasteiger partial charge in [0.1, 0.15) is 6.10 Å². The summed E-state index contributed by atoms with van der Waals surface area (Å²) in [4.78, 5) is 36.4. The van der Waals surface area contributed by atoms with Gasteiger partial charge in [-0.3, -0.25) is 14.4 Å². The van der Waals surface area contributed by atoms with E-state index in [-0.39, 0.29) is 62.9 Å². The maximum Gasteiger partial charge on any atom is 0.302 e. The Kier molecular flexibility index (Phi) is 7.27. The largest absolute Gasteiger partial charge is 0.465 e. The summed E-state index contributed by atoms with van der Waals surface area (Å²) < 4.78 is 11.7. The lowest BCUT2D eigenvalue weighted by Crippen LogP contribution is -2.67. The quantitative estimate of drug-likeness (QED) is 0.380. The second-order valence-corrected chi connectivity index (χ2v) is 16.2. The molecule has 40 heavy (non-hydrogen) atoms. The van der Waals surface area contributed by atoms with Crippen LogP contribution in [-0.2, 0) is 23.9 Å². The molecule has 1 amide bonds. The Labute approximate surface area is 242 Å². The van der Waals surface area contributed by atoms with Gasteiger partial charge in [-0.25, -0.2) is 0 Å². The smallest absolute Gasteiger partial charge is 0.302 e. The maximum atomic E-state index is 12.5. The summed E-state index contributed by atoms with van der Waals surface area (Å²) in [6.45, 7) is 18.0. The lowest BCUT2D eigenvalue weighted by molar-refractivity contribution is -0.253. The van der Waals surface area contributed by atoms with Crippen molar-refractivity contribution in [3.05, 3.63) is 0 Å². The first-order valence-electron chi connectivity index (χ1n) is 16.1. The fourth-order valence-corrected chi connectivity index (χ4v) is 12.4. The van der Waals surface area contributed by atoms with E-state index >= 15 is 0 Å². The highest BCUT2D eigenvalue weighted by atomic mass is 16.5. The van der Waals surface area contributed by atoms with Crippen LogP contribution in [0.25, 0.3) is 0 Å². The first-order valence-corrected chi connectivity index (χ1v) is 16.1. The Balaban J connectivity index is 1.50. The van der Waals surface area contributed by atoms with Gasteiger partial charge in [0.2, 0.25) is 5.91 Å². The number of primary amides is 1. The van der Waals surface area contributed by atoms with Gasteiger partial charge >= 0.3 is 11.9 Å². The van der Waals surface area contributed by atoms with Crippen molar-refractivity contribution in [2.24, 2.45) is 68.3 Å². The Bertz CT molecular complexity index is 1050. The minimum absolute atomic E-state index is 0.00883. The van der Waals surface area contributed by atoms with Crippen LogP contribution in [0.5, 0.6) is 0 Å². The molecule has 5 rings (SSSR count). The maximum absolute atomic E-state index is 12.5. The Morgan fingerprint density at radius 2 is 1.50 bits per heavy atom. The number of hydrogen-bond donors (Lipinski definition) is 1. The zero-order valence-corrected chi connectivity index (χ0v) is 26.4. The summed E-state index contributed by atoms with van der Waals surface area (Å²) in [5.41, 5.74) is 6.42. The highest BCUT2D eigenvalue weighted by Crippen LogP contribution is 2.77. The van der Waals surface area contributed by atoms with Crippen molar-refractivity contribution >= 4 is 17.8 Å². The van der Waals surface area contributed by atoms with Crippen molar-refractivity contribution in [1.82, 2.24) is 0 Å². The third kappa shape index (κ3) is 4.11. The first kappa shape index (κ1) is 29.9. The highest BCUT2D eigenvalue weighted by Gasteiger charge is 2.71. The standard InChI is InChI=1S/C34H55NO5/c1-20(29(35)38)23-11-16-34(19-39-21(2)36)18-17-32(7)24(28(23)34)9-10-26-31(6)14-13-27(40-22(3)37)30(4,5)25(31)12-15-33(26,32)8/h20,23-28H,9-19H2,1-8H3,(H2,35,38)/t20-,23+,24-,25+,26-,27+,28-,31+,32-,33-,34-/m1/s1. The SMILES string of the molecule is CC(=O)OC[C@]12CC[C@@H]([C@@H](C)C(N)=O)[C@@H]1[C@H]1CC[C@@H]3[C@@]4(C)CC[C@H](OC(C)=O)C(C)(C)[C@@H]4CC[C@@]3(C)[C@]1(C)CC2. The molecule has 5 aliphatic carbocycles. The molecule has 0 spiro atoms. The molecule has 0 aromatic carbocycles. The molecule has 5 fully saturated rings. The van der Waals surface area contributed by atoms with Crippen molar-refractivity contribution in [3.8, 4) is 0 Å². The van der Waals surface area contributed by atoms with Crippen molar-refractivity contribution in [2.75, 3.05) is 6.61 Å². The first-order chi connectivity index (χ1) is 18.5. The molecule has 5 saturated carbocycles. The molecule has 0 heterocycles. The van der Waals surface area contributed by atoms with Crippen molar-refractivity contribution in [2.45, 2.75) is 126 Å². The third-order valence-corrected chi connectivity index (χ3v) is 14.6. The van der Waals surface area contributed by atoms with Crippen LogP contribution < -0.4 is 5.73 Å². The number of ether oxygens (including phenoxy) is 2. The number of nitrogens with two attached hydrogens (primary N) is 1. The van der Waals surface area contributed by atoms with Crippen LogP contribution in [0.2, 0.25) is 0 Å². The van der Waals surface area contributed by atoms with Crippen molar-refractivity contribution in [3.63, 3.8) is 0 Å². The summed E-state index contributed by atoms with van der Waals surface area (Å²) in [5, 5.41) is 0. The second kappa shape index (κ2) is 9.73. The second-order valence-electron chi connectivity index (χ2n) is 16.2. The number of amides is 1. The van der Waals surface area contributed by atoms with E-state index in [0.717, 1.165) is 38.5 Å². The molecule has 0 unspecified atom stereocenters. The van der Waals surface area contributed by atoms with Gasteiger partial charge in [0.05, 0.1) is 6.61 Å². The lowest BCUT2D eigenvalue weighted by atomic mass is 9.32. The predicted molar refractivity (Wildman–Crippen MR) is 155 cm³/mol. The van der Waals surface area contributed by atoms with Crippen LogP contribution >= 0.6 is 0 Å². The molecule has 0 saturated heterocycles. The van der Waals surface area contributed by atoms with Gasteiger partial charge in [-0.1, -0.05) is 41.5 Å². The monoisotopic (exact) mass is 557 g/mol. The van der Waals surface area contributed by atoms with E-state index in [0.29, 0.717) is 30.3 Å². The van der Waals surface area contributed by atoms with Gasteiger partial charge in [-0.2, -0.15) is 0 Å². The zero-order valence-electron chi connectivity index (χ0n) is 26.4. The molecule has 0 radical (unpaired) electrons. The number of fused-ring (bicyclic) bond motifs is 7. The minimum Gasteiger partial charge on any atom is -0.465 e. The number of carbonyl (C=O) groups excluding carboxylic acids is 3. The average molecular weight is 558 g/mol. The van der Waals surface area contributed by atoms with Crippen LogP contribution in [-0.4, -0.2) is 30.6 Å². The molecule has 0 aliphatic heterocycles. The summed E-state index contributed by atoms with van der Waals surface area (Å²) in [5.74, 6) is 1.52. The molecule has 5 aliphatic rings. The molecule has 0 aromatic rings. The zero-order chi connectivity index (χ0) is 29.5. The van der Waals surface area contributed by atoms with E-state index < -0.39 is 0 Å². The Morgan fingerprint density at radius 1 is 0.800 bits per heavy atom. The average Bonchev–Trinajstić information content (AvgIpc) is 3.24. The molecular weight excluding hydrogens is 502 g/mol. The van der Waals surface area contributed by atoms with Crippen molar-refractivity contribution < 1.29 is 23.9 Å². The van der Waals surface area contributed by atoms with Gasteiger partial charge in [0.25, 0.3) is 0 Å². The lowest BCUT2D eigenvalue weighted by Gasteiger charge is -2.73. The number of rotatable bonds is 5. The third-order valence-electron chi connectivity index (χ3n) is 14.6. The molecule has 11 atom stereocenters. The summed E-state index contributed by atoms with van der Waals surface area (Å²) in [6.07, 6.45) is 11.0. The molecule has 2 N–H and O–H groups in total. The molecule has 0 aromatic heterocycles.